The predicted molar refractivity (Wildman–Crippen MR) is 113 cm³/mol. The molecule has 34 heavy (non-hydrogen) atoms. The molecule has 2 aliphatic rings. The number of ether oxygens (including phenoxy) is 2. The number of anilines is 2. The van der Waals surface area contributed by atoms with Gasteiger partial charge in [0, 0.05) is 43.5 Å². The SMILES string of the molecule is Cn1ncc2c(NC(=O)C(=O)N3CC[C@H]4C[C@@H]3c3ccc(OC(F)(F)F)cc3O4)cnc(N)c21. The van der Waals surface area contributed by atoms with Gasteiger partial charge in [0.1, 0.15) is 28.9 Å². The first-order valence-electron chi connectivity index (χ1n) is 10.3. The van der Waals surface area contributed by atoms with Gasteiger partial charge in [0.2, 0.25) is 0 Å². The molecular weight excluding hydrogens is 457 g/mol. The van der Waals surface area contributed by atoms with Crippen LogP contribution in [0.4, 0.5) is 24.7 Å². The van der Waals surface area contributed by atoms with E-state index < -0.39 is 30.0 Å². The maximum absolute atomic E-state index is 13.1. The standard InChI is InChI=1S/C21H19F3N6O4/c1-29-17-13(8-27-29)14(9-26-18(17)25)28-19(31)20(32)30-5-4-10-6-15(30)12-3-2-11(7-16(12)33-10)34-21(22,23)24/h2-3,7-10,15H,4-6H2,1H3,(H2,25,26)(H,28,31)/t10-,15+/m0/s1. The Hall–Kier alpha value is -4.03. The number of fused-ring (bicyclic) bond motifs is 5. The second-order valence-electron chi connectivity index (χ2n) is 8.07. The molecule has 10 nitrogen and oxygen atoms in total. The minimum absolute atomic E-state index is 0.195. The number of alkyl halides is 3. The largest absolute Gasteiger partial charge is 0.573 e. The quantitative estimate of drug-likeness (QED) is 0.545. The highest BCUT2D eigenvalue weighted by Gasteiger charge is 2.41. The highest BCUT2D eigenvalue weighted by atomic mass is 19.4. The third-order valence-corrected chi connectivity index (χ3v) is 5.93. The van der Waals surface area contributed by atoms with E-state index in [-0.39, 0.29) is 29.9 Å². The number of hydrogen-bond donors (Lipinski definition) is 2. The van der Waals surface area contributed by atoms with Crippen LogP contribution >= 0.6 is 0 Å². The first-order valence-corrected chi connectivity index (χ1v) is 10.3. The number of nitrogens with zero attached hydrogens (tertiary/aromatic N) is 4. The van der Waals surface area contributed by atoms with Crippen LogP contribution in [0.5, 0.6) is 11.5 Å². The Labute approximate surface area is 190 Å². The predicted octanol–water partition coefficient (Wildman–Crippen LogP) is 2.51. The molecule has 13 heteroatoms. The minimum atomic E-state index is -4.84. The van der Waals surface area contributed by atoms with Crippen molar-refractivity contribution in [3.8, 4) is 11.5 Å². The van der Waals surface area contributed by atoms with E-state index in [4.69, 9.17) is 10.5 Å². The monoisotopic (exact) mass is 476 g/mol. The van der Waals surface area contributed by atoms with Crippen molar-refractivity contribution in [1.82, 2.24) is 19.7 Å². The first kappa shape index (κ1) is 21.8. The van der Waals surface area contributed by atoms with E-state index in [1.54, 1.807) is 7.05 Å². The van der Waals surface area contributed by atoms with E-state index in [0.29, 0.717) is 29.3 Å². The van der Waals surface area contributed by atoms with Crippen LogP contribution in [0.3, 0.4) is 0 Å². The highest BCUT2D eigenvalue weighted by Crippen LogP contribution is 2.44. The molecule has 0 unspecified atom stereocenters. The van der Waals surface area contributed by atoms with Crippen molar-refractivity contribution in [2.24, 2.45) is 7.05 Å². The molecule has 1 saturated heterocycles. The molecule has 178 valence electrons. The van der Waals surface area contributed by atoms with E-state index in [1.165, 1.54) is 28.0 Å². The van der Waals surface area contributed by atoms with E-state index in [1.807, 2.05) is 0 Å². The maximum Gasteiger partial charge on any atom is 0.573 e. The smallest absolute Gasteiger partial charge is 0.490 e. The lowest BCUT2D eigenvalue weighted by molar-refractivity contribution is -0.274. The Balaban J connectivity index is 1.39. The molecule has 0 aliphatic carbocycles. The van der Waals surface area contributed by atoms with Crippen LogP contribution in [0.25, 0.3) is 10.9 Å². The summed E-state index contributed by atoms with van der Waals surface area (Å²) in [5.41, 5.74) is 7.19. The lowest BCUT2D eigenvalue weighted by atomic mass is 9.89. The van der Waals surface area contributed by atoms with E-state index in [0.717, 1.165) is 12.1 Å². The number of aryl methyl sites for hydroxylation is 1. The summed E-state index contributed by atoms with van der Waals surface area (Å²) in [5.74, 6) is -1.64. The lowest BCUT2D eigenvalue weighted by Crippen LogP contribution is -2.49. The van der Waals surface area contributed by atoms with Crippen LogP contribution in [0.2, 0.25) is 0 Å². The van der Waals surface area contributed by atoms with Gasteiger partial charge in [-0.3, -0.25) is 14.3 Å². The van der Waals surface area contributed by atoms with Gasteiger partial charge in [0.15, 0.2) is 0 Å². The van der Waals surface area contributed by atoms with Gasteiger partial charge in [-0.05, 0) is 12.1 Å². The average molecular weight is 476 g/mol. The molecule has 3 N–H and O–H groups in total. The van der Waals surface area contributed by atoms with Crippen molar-refractivity contribution < 1.29 is 32.2 Å². The number of piperidine rings is 1. The van der Waals surface area contributed by atoms with Gasteiger partial charge in [0.05, 0.1) is 24.1 Å². The number of likely N-dealkylation sites (tertiary alicyclic amines) is 1. The Morgan fingerprint density at radius 1 is 1.29 bits per heavy atom. The molecule has 2 atom stereocenters. The number of carbonyl (C=O) groups is 2. The van der Waals surface area contributed by atoms with Crippen molar-refractivity contribution in [2.45, 2.75) is 31.3 Å². The molecule has 0 saturated carbocycles. The number of nitrogens with one attached hydrogen (secondary N) is 1. The number of nitrogens with two attached hydrogens (primary N) is 1. The summed E-state index contributed by atoms with van der Waals surface area (Å²) in [4.78, 5) is 31.4. The first-order chi connectivity index (χ1) is 16.1. The van der Waals surface area contributed by atoms with E-state index in [9.17, 15) is 22.8 Å². The zero-order valence-electron chi connectivity index (χ0n) is 17.8. The van der Waals surface area contributed by atoms with Crippen LogP contribution in [-0.4, -0.2) is 50.5 Å². The Morgan fingerprint density at radius 2 is 2.09 bits per heavy atom. The molecular formula is C21H19F3N6O4. The second-order valence-corrected chi connectivity index (χ2v) is 8.07. The molecule has 2 amide bonds. The molecule has 4 heterocycles. The molecule has 2 bridgehead atoms. The van der Waals surface area contributed by atoms with Gasteiger partial charge >= 0.3 is 18.2 Å². The number of carbonyl (C=O) groups excluding carboxylic acids is 2. The Bertz CT molecular complexity index is 1310. The Kier molecular flexibility index (Phi) is 4.99. The summed E-state index contributed by atoms with van der Waals surface area (Å²) in [6, 6.07) is 3.20. The van der Waals surface area contributed by atoms with Gasteiger partial charge in [0.25, 0.3) is 0 Å². The number of benzene rings is 1. The average Bonchev–Trinajstić information content (AvgIpc) is 3.17. The number of aromatic nitrogens is 3. The van der Waals surface area contributed by atoms with E-state index >= 15 is 0 Å². The summed E-state index contributed by atoms with van der Waals surface area (Å²) in [5, 5.41) is 7.22. The number of halogens is 3. The number of nitrogen functional groups attached to an aromatic ring is 1. The summed E-state index contributed by atoms with van der Waals surface area (Å²) in [7, 11) is 1.68. The van der Waals surface area contributed by atoms with Gasteiger partial charge in [-0.25, -0.2) is 4.98 Å². The third kappa shape index (κ3) is 3.82. The highest BCUT2D eigenvalue weighted by molar-refractivity contribution is 6.40. The Morgan fingerprint density at radius 3 is 2.85 bits per heavy atom. The van der Waals surface area contributed by atoms with Crippen molar-refractivity contribution in [3.05, 3.63) is 36.2 Å². The fraction of sp³-hybridized carbons (Fsp3) is 0.333. The van der Waals surface area contributed by atoms with Crippen molar-refractivity contribution in [2.75, 3.05) is 17.6 Å². The summed E-state index contributed by atoms with van der Waals surface area (Å²) in [6.07, 6.45) is -1.42. The van der Waals surface area contributed by atoms with Gasteiger partial charge in [-0.1, -0.05) is 0 Å². The molecule has 1 aromatic carbocycles. The topological polar surface area (TPSA) is 125 Å². The zero-order chi connectivity index (χ0) is 24.2. The molecule has 5 rings (SSSR count). The van der Waals surface area contributed by atoms with Gasteiger partial charge in [-0.2, -0.15) is 5.10 Å². The van der Waals surface area contributed by atoms with Crippen LogP contribution in [0, 0.1) is 0 Å². The zero-order valence-corrected chi connectivity index (χ0v) is 17.8. The van der Waals surface area contributed by atoms with Crippen LogP contribution in [-0.2, 0) is 16.6 Å². The fourth-order valence-corrected chi connectivity index (χ4v) is 4.46. The van der Waals surface area contributed by atoms with Crippen molar-refractivity contribution >= 4 is 34.2 Å². The second kappa shape index (κ2) is 7.78. The van der Waals surface area contributed by atoms with Gasteiger partial charge < -0.3 is 25.4 Å². The molecule has 1 fully saturated rings. The minimum Gasteiger partial charge on any atom is -0.490 e. The number of rotatable bonds is 2. The fourth-order valence-electron chi connectivity index (χ4n) is 4.46. The van der Waals surface area contributed by atoms with Crippen molar-refractivity contribution in [3.63, 3.8) is 0 Å². The molecule has 2 aromatic heterocycles. The maximum atomic E-state index is 13.1. The number of amides is 2. The number of hydrogen-bond acceptors (Lipinski definition) is 7. The van der Waals surface area contributed by atoms with Crippen molar-refractivity contribution in [1.29, 1.82) is 0 Å². The number of pyridine rings is 1. The summed E-state index contributed by atoms with van der Waals surface area (Å²) in [6.45, 7) is 0.254. The molecule has 0 spiro atoms. The summed E-state index contributed by atoms with van der Waals surface area (Å²) >= 11 is 0. The van der Waals surface area contributed by atoms with Crippen LogP contribution < -0.4 is 20.5 Å². The van der Waals surface area contributed by atoms with Gasteiger partial charge in [-0.15, -0.1) is 13.2 Å². The van der Waals surface area contributed by atoms with E-state index in [2.05, 4.69) is 20.1 Å². The molecule has 3 aromatic rings. The van der Waals surface area contributed by atoms with Crippen LogP contribution in [0.1, 0.15) is 24.4 Å². The third-order valence-electron chi connectivity index (χ3n) is 5.93. The van der Waals surface area contributed by atoms with Crippen LogP contribution in [0.15, 0.2) is 30.6 Å². The molecule has 0 radical (unpaired) electrons. The lowest BCUT2D eigenvalue weighted by Gasteiger charge is -2.43. The molecule has 2 aliphatic heterocycles. The summed E-state index contributed by atoms with van der Waals surface area (Å²) < 4.78 is 49.0. The normalized spacial score (nSPS) is 19.4.